The summed E-state index contributed by atoms with van der Waals surface area (Å²) >= 11 is 1.38. The van der Waals surface area contributed by atoms with Crippen LogP contribution in [-0.2, 0) is 16.6 Å². The molecule has 10 heteroatoms. The number of tetrazole rings is 1. The van der Waals surface area contributed by atoms with Gasteiger partial charge >= 0.3 is 0 Å². The first-order chi connectivity index (χ1) is 16.8. The highest BCUT2D eigenvalue weighted by Crippen LogP contribution is 2.36. The molecule has 1 saturated carbocycles. The largest absolute Gasteiger partial charge is 0.322 e. The van der Waals surface area contributed by atoms with Gasteiger partial charge in [-0.15, -0.1) is 5.10 Å². The van der Waals surface area contributed by atoms with Gasteiger partial charge in [0.25, 0.3) is 5.91 Å². The zero-order chi connectivity index (χ0) is 26.4. The lowest BCUT2D eigenvalue weighted by Crippen LogP contribution is -2.14. The highest BCUT2D eigenvalue weighted by atomic mass is 32.2. The van der Waals surface area contributed by atoms with Gasteiger partial charge < -0.3 is 19.8 Å². The van der Waals surface area contributed by atoms with Crippen LogP contribution >= 0.6 is 11.8 Å². The molecule has 1 amide bonds. The van der Waals surface area contributed by atoms with Crippen LogP contribution in [0.3, 0.4) is 0 Å². The molecule has 0 spiro atoms. The molecule has 0 atom stereocenters. The van der Waals surface area contributed by atoms with Gasteiger partial charge in [0.05, 0.1) is 5.56 Å². The molecule has 0 aliphatic heterocycles. The van der Waals surface area contributed by atoms with Crippen LogP contribution < -0.4 is 5.32 Å². The van der Waals surface area contributed by atoms with Crippen molar-refractivity contribution in [2.75, 3.05) is 26.5 Å². The van der Waals surface area contributed by atoms with Crippen molar-refractivity contribution in [1.29, 1.82) is 0 Å². The fraction of sp³-hybridized carbons (Fsp3) is 0.360. The Morgan fingerprint density at radius 2 is 1.66 bits per heavy atom. The SMILES string of the molecule is C=O.C=O.CN(C)C.Cc1ccc(Sc2nnnn2C)c(C(=O)Nc2ccc(C3CCC3)cc2)c1. The lowest BCUT2D eigenvalue weighted by atomic mass is 9.80. The number of nitrogens with one attached hydrogen (secondary N) is 1. The lowest BCUT2D eigenvalue weighted by molar-refractivity contribution is -0.0987. The molecule has 188 valence electrons. The number of aryl methyl sites for hydroxylation is 2. The number of carbonyl (C=O) groups is 3. The number of anilines is 1. The molecule has 4 rings (SSSR count). The van der Waals surface area contributed by atoms with Crippen LogP contribution in [-0.4, -0.2) is 65.7 Å². The average Bonchev–Trinajstić information content (AvgIpc) is 3.21. The predicted octanol–water partition coefficient (Wildman–Crippen LogP) is 4.00. The Bertz CT molecular complexity index is 1050. The van der Waals surface area contributed by atoms with Crippen molar-refractivity contribution < 1.29 is 14.4 Å². The number of hydrogen-bond donors (Lipinski definition) is 1. The fourth-order valence-corrected chi connectivity index (χ4v) is 3.94. The first kappa shape index (κ1) is 29.7. The molecule has 2 aromatic carbocycles. The van der Waals surface area contributed by atoms with Crippen molar-refractivity contribution in [2.45, 2.75) is 42.2 Å². The zero-order valence-electron chi connectivity index (χ0n) is 21.0. The summed E-state index contributed by atoms with van der Waals surface area (Å²) < 4.78 is 1.59. The van der Waals surface area contributed by atoms with E-state index >= 15 is 0 Å². The Morgan fingerprint density at radius 1 is 1.06 bits per heavy atom. The molecule has 3 aromatic rings. The molecular formula is C25H34N6O3S. The summed E-state index contributed by atoms with van der Waals surface area (Å²) in [5.74, 6) is 0.558. The maximum atomic E-state index is 12.9. The van der Waals surface area contributed by atoms with Gasteiger partial charge in [0, 0.05) is 17.6 Å². The van der Waals surface area contributed by atoms with Gasteiger partial charge in [-0.05, 0) is 98.8 Å². The Hall–Kier alpha value is -3.37. The van der Waals surface area contributed by atoms with Crippen LogP contribution in [0, 0.1) is 6.92 Å². The average molecular weight is 499 g/mol. The summed E-state index contributed by atoms with van der Waals surface area (Å²) in [5.41, 5.74) is 3.81. The third-order valence-electron chi connectivity index (χ3n) is 4.91. The smallest absolute Gasteiger partial charge is 0.256 e. The molecule has 9 nitrogen and oxygen atoms in total. The number of carbonyl (C=O) groups excluding carboxylic acids is 3. The summed E-state index contributed by atoms with van der Waals surface area (Å²) in [5, 5.41) is 15.1. The Kier molecular flexibility index (Phi) is 13.1. The minimum Gasteiger partial charge on any atom is -0.322 e. The van der Waals surface area contributed by atoms with Crippen LogP contribution in [0.4, 0.5) is 5.69 Å². The first-order valence-electron chi connectivity index (χ1n) is 10.9. The van der Waals surface area contributed by atoms with Crippen molar-refractivity contribution >= 4 is 36.9 Å². The Balaban J connectivity index is 0.000000684. The summed E-state index contributed by atoms with van der Waals surface area (Å²) in [6.07, 6.45) is 3.86. The van der Waals surface area contributed by atoms with Crippen LogP contribution in [0.5, 0.6) is 0 Å². The first-order valence-corrected chi connectivity index (χ1v) is 11.8. The lowest BCUT2D eigenvalue weighted by Gasteiger charge is -2.25. The van der Waals surface area contributed by atoms with Gasteiger partial charge in [-0.25, -0.2) is 4.68 Å². The second-order valence-corrected chi connectivity index (χ2v) is 9.24. The van der Waals surface area contributed by atoms with Crippen molar-refractivity contribution in [3.05, 3.63) is 59.2 Å². The Labute approximate surface area is 211 Å². The zero-order valence-corrected chi connectivity index (χ0v) is 21.8. The molecule has 0 saturated heterocycles. The highest BCUT2D eigenvalue weighted by molar-refractivity contribution is 7.99. The van der Waals surface area contributed by atoms with E-state index < -0.39 is 0 Å². The number of hydrogen-bond acceptors (Lipinski definition) is 8. The van der Waals surface area contributed by atoms with Gasteiger partial charge in [-0.1, -0.05) is 30.2 Å². The topological polar surface area (TPSA) is 110 Å². The predicted molar refractivity (Wildman–Crippen MR) is 139 cm³/mol. The molecule has 1 aromatic heterocycles. The van der Waals surface area contributed by atoms with E-state index in [9.17, 15) is 4.79 Å². The fourth-order valence-electron chi connectivity index (χ4n) is 3.09. The van der Waals surface area contributed by atoms with Crippen LogP contribution in [0.15, 0.2) is 52.5 Å². The van der Waals surface area contributed by atoms with E-state index in [0.29, 0.717) is 16.6 Å². The molecule has 0 bridgehead atoms. The quantitative estimate of drug-likeness (QED) is 0.562. The van der Waals surface area contributed by atoms with Crippen LogP contribution in [0.25, 0.3) is 0 Å². The van der Waals surface area contributed by atoms with Crippen molar-refractivity contribution in [2.24, 2.45) is 7.05 Å². The normalized spacial score (nSPS) is 12.1. The van der Waals surface area contributed by atoms with Gasteiger partial charge in [0.1, 0.15) is 13.6 Å². The molecule has 1 aliphatic rings. The monoisotopic (exact) mass is 498 g/mol. The molecule has 1 N–H and O–H groups in total. The Morgan fingerprint density at radius 3 is 2.14 bits per heavy atom. The summed E-state index contributed by atoms with van der Waals surface area (Å²) in [7, 11) is 7.78. The summed E-state index contributed by atoms with van der Waals surface area (Å²) in [4.78, 5) is 31.7. The van der Waals surface area contributed by atoms with Crippen molar-refractivity contribution in [3.8, 4) is 0 Å². The maximum absolute atomic E-state index is 12.9. The molecule has 0 unspecified atom stereocenters. The van der Waals surface area contributed by atoms with E-state index in [-0.39, 0.29) is 5.91 Å². The number of amides is 1. The summed E-state index contributed by atoms with van der Waals surface area (Å²) in [6, 6.07) is 14.0. The molecule has 35 heavy (non-hydrogen) atoms. The van der Waals surface area contributed by atoms with Crippen LogP contribution in [0.2, 0.25) is 0 Å². The second-order valence-electron chi connectivity index (χ2n) is 8.23. The molecular weight excluding hydrogens is 464 g/mol. The third kappa shape index (κ3) is 9.42. The highest BCUT2D eigenvalue weighted by Gasteiger charge is 2.19. The number of aromatic nitrogens is 4. The van der Waals surface area contributed by atoms with Gasteiger partial charge in [0.15, 0.2) is 0 Å². The van der Waals surface area contributed by atoms with E-state index in [1.807, 2.05) is 76.9 Å². The second kappa shape index (κ2) is 15.5. The third-order valence-corrected chi connectivity index (χ3v) is 6.01. The number of benzene rings is 2. The summed E-state index contributed by atoms with van der Waals surface area (Å²) in [6.45, 7) is 5.97. The number of rotatable bonds is 5. The molecule has 1 aliphatic carbocycles. The van der Waals surface area contributed by atoms with E-state index in [1.54, 1.807) is 11.7 Å². The van der Waals surface area contributed by atoms with Crippen molar-refractivity contribution in [3.63, 3.8) is 0 Å². The van der Waals surface area contributed by atoms with E-state index in [4.69, 9.17) is 9.59 Å². The molecule has 1 fully saturated rings. The van der Waals surface area contributed by atoms with Crippen LogP contribution in [0.1, 0.15) is 46.7 Å². The van der Waals surface area contributed by atoms with Gasteiger partial charge in [0.2, 0.25) is 5.16 Å². The minimum absolute atomic E-state index is 0.132. The molecule has 1 heterocycles. The van der Waals surface area contributed by atoms with E-state index in [0.717, 1.165) is 16.1 Å². The van der Waals surface area contributed by atoms with Crippen molar-refractivity contribution in [1.82, 2.24) is 25.1 Å². The molecule has 0 radical (unpaired) electrons. The van der Waals surface area contributed by atoms with Gasteiger partial charge in [-0.2, -0.15) is 0 Å². The minimum atomic E-state index is -0.132. The number of nitrogens with zero attached hydrogens (tertiary/aromatic N) is 5. The van der Waals surface area contributed by atoms with E-state index in [2.05, 4.69) is 33.0 Å². The van der Waals surface area contributed by atoms with Gasteiger partial charge in [-0.3, -0.25) is 4.79 Å². The standard InChI is InChI=1S/C20H21N5OS.C3H9N.2CH2O/c1-13-6-11-18(27-20-22-23-24-25(20)2)17(12-13)19(26)21-16-9-7-15(8-10-16)14-4-3-5-14;1-4(2)3;2*1-2/h6-12,14H,3-5H2,1-2H3,(H,21,26);1-3H3;2*1H2. The maximum Gasteiger partial charge on any atom is 0.256 e. The van der Waals surface area contributed by atoms with E-state index in [1.165, 1.54) is 36.6 Å².